The molecule has 1 aliphatic carbocycles. The second-order valence-corrected chi connectivity index (χ2v) is 7.41. The van der Waals surface area contributed by atoms with Gasteiger partial charge in [0.1, 0.15) is 0 Å². The van der Waals surface area contributed by atoms with Crippen molar-refractivity contribution in [2.45, 2.75) is 69.1 Å². The zero-order valence-corrected chi connectivity index (χ0v) is 14.5. The van der Waals surface area contributed by atoms with Crippen LogP contribution in [0.1, 0.15) is 56.7 Å². The fourth-order valence-corrected chi connectivity index (χ4v) is 4.27. The molecule has 1 amide bonds. The summed E-state index contributed by atoms with van der Waals surface area (Å²) < 4.78 is 7.53. The number of hydrogen-bond acceptors (Lipinski definition) is 4. The molecule has 3 aliphatic rings. The highest BCUT2D eigenvalue weighted by Crippen LogP contribution is 2.40. The lowest BCUT2D eigenvalue weighted by atomic mass is 9.91. The van der Waals surface area contributed by atoms with Crippen LogP contribution in [-0.4, -0.2) is 51.9 Å². The average molecular weight is 332 g/mol. The highest BCUT2D eigenvalue weighted by Gasteiger charge is 2.45. The number of piperidine rings is 1. The van der Waals surface area contributed by atoms with Crippen molar-refractivity contribution in [3.05, 3.63) is 18.0 Å². The zero-order valence-electron chi connectivity index (χ0n) is 14.5. The van der Waals surface area contributed by atoms with E-state index >= 15 is 0 Å². The molecule has 2 saturated heterocycles. The minimum atomic E-state index is 0.107. The predicted molar refractivity (Wildman–Crippen MR) is 90.4 cm³/mol. The van der Waals surface area contributed by atoms with Gasteiger partial charge in [0.25, 0.3) is 0 Å². The van der Waals surface area contributed by atoms with E-state index < -0.39 is 0 Å². The Balaban J connectivity index is 1.58. The van der Waals surface area contributed by atoms with Gasteiger partial charge in [-0.3, -0.25) is 9.48 Å². The van der Waals surface area contributed by atoms with E-state index in [0.29, 0.717) is 30.5 Å². The summed E-state index contributed by atoms with van der Waals surface area (Å²) in [7, 11) is 1.98. The summed E-state index contributed by atoms with van der Waals surface area (Å²) in [6, 6.07) is 3.41. The normalized spacial score (nSPS) is 32.0. The van der Waals surface area contributed by atoms with E-state index in [1.807, 2.05) is 17.9 Å². The van der Waals surface area contributed by atoms with E-state index in [4.69, 9.17) is 4.74 Å². The number of aryl methyl sites for hydroxylation is 1. The molecule has 0 aromatic carbocycles. The number of aromatic nitrogens is 2. The standard InChI is InChI=1S/C18H28N4O2/c1-21-16(8-10-19-21)18-15(20-13-3-2-11-24-12-9-13)6-7-17(23)22(18)14-4-5-14/h8,10,13-15,18,20H,2-7,9,11-12H2,1H3/t13?,15-,18-/m1/s1. The van der Waals surface area contributed by atoms with Gasteiger partial charge in [0, 0.05) is 51.0 Å². The first-order chi connectivity index (χ1) is 11.7. The van der Waals surface area contributed by atoms with Crippen LogP contribution in [0.25, 0.3) is 0 Å². The number of hydrogen-bond donors (Lipinski definition) is 1. The van der Waals surface area contributed by atoms with Crippen LogP contribution in [0, 0.1) is 0 Å². The third-order valence-electron chi connectivity index (χ3n) is 5.64. The third-order valence-corrected chi connectivity index (χ3v) is 5.64. The molecule has 4 rings (SSSR count). The molecule has 2 aliphatic heterocycles. The Hall–Kier alpha value is -1.40. The average Bonchev–Trinajstić information content (AvgIpc) is 3.36. The largest absolute Gasteiger partial charge is 0.381 e. The van der Waals surface area contributed by atoms with Gasteiger partial charge < -0.3 is 15.0 Å². The maximum atomic E-state index is 12.6. The summed E-state index contributed by atoms with van der Waals surface area (Å²) in [5.74, 6) is 0.311. The topological polar surface area (TPSA) is 59.4 Å². The summed E-state index contributed by atoms with van der Waals surface area (Å²) in [5, 5.41) is 8.24. The Morgan fingerprint density at radius 1 is 1.21 bits per heavy atom. The van der Waals surface area contributed by atoms with E-state index in [9.17, 15) is 4.79 Å². The van der Waals surface area contributed by atoms with Crippen LogP contribution in [0.3, 0.4) is 0 Å². The Kier molecular flexibility index (Phi) is 4.59. The van der Waals surface area contributed by atoms with Gasteiger partial charge in [0.15, 0.2) is 0 Å². The lowest BCUT2D eigenvalue weighted by molar-refractivity contribution is -0.139. The number of carbonyl (C=O) groups excluding carboxylic acids is 1. The number of likely N-dealkylation sites (tertiary alicyclic amines) is 1. The van der Waals surface area contributed by atoms with Crippen LogP contribution >= 0.6 is 0 Å². The molecule has 0 radical (unpaired) electrons. The number of carbonyl (C=O) groups is 1. The van der Waals surface area contributed by atoms with Crippen LogP contribution in [0.2, 0.25) is 0 Å². The van der Waals surface area contributed by atoms with Crippen LogP contribution in [0.5, 0.6) is 0 Å². The van der Waals surface area contributed by atoms with Gasteiger partial charge in [-0.2, -0.15) is 5.10 Å². The monoisotopic (exact) mass is 332 g/mol. The van der Waals surface area contributed by atoms with Gasteiger partial charge in [0.05, 0.1) is 11.7 Å². The van der Waals surface area contributed by atoms with Crippen molar-refractivity contribution in [1.82, 2.24) is 20.0 Å². The fourth-order valence-electron chi connectivity index (χ4n) is 4.27. The molecule has 1 aromatic rings. The van der Waals surface area contributed by atoms with E-state index in [0.717, 1.165) is 57.4 Å². The van der Waals surface area contributed by atoms with Gasteiger partial charge in [-0.05, 0) is 44.6 Å². The lowest BCUT2D eigenvalue weighted by Gasteiger charge is -2.43. The summed E-state index contributed by atoms with van der Waals surface area (Å²) in [6.45, 7) is 1.72. The van der Waals surface area contributed by atoms with Crippen molar-refractivity contribution >= 4 is 5.91 Å². The lowest BCUT2D eigenvalue weighted by Crippen LogP contribution is -2.54. The van der Waals surface area contributed by atoms with Gasteiger partial charge in [-0.15, -0.1) is 0 Å². The van der Waals surface area contributed by atoms with Crippen molar-refractivity contribution in [2.24, 2.45) is 7.05 Å². The molecular weight excluding hydrogens is 304 g/mol. The smallest absolute Gasteiger partial charge is 0.223 e. The summed E-state index contributed by atoms with van der Waals surface area (Å²) in [5.41, 5.74) is 1.15. The minimum Gasteiger partial charge on any atom is -0.381 e. The zero-order chi connectivity index (χ0) is 16.5. The SMILES string of the molecule is Cn1nccc1[C@H]1[C@H](NC2CCCOCC2)CCC(=O)N1C1CC1. The molecule has 0 spiro atoms. The van der Waals surface area contributed by atoms with Gasteiger partial charge >= 0.3 is 0 Å². The molecule has 3 fully saturated rings. The van der Waals surface area contributed by atoms with Gasteiger partial charge in [-0.1, -0.05) is 0 Å². The van der Waals surface area contributed by atoms with Crippen molar-refractivity contribution in [1.29, 1.82) is 0 Å². The van der Waals surface area contributed by atoms with Gasteiger partial charge in [0.2, 0.25) is 5.91 Å². The van der Waals surface area contributed by atoms with Crippen LogP contribution in [0.4, 0.5) is 0 Å². The first-order valence-electron chi connectivity index (χ1n) is 9.37. The second-order valence-electron chi connectivity index (χ2n) is 7.41. The molecule has 6 heteroatoms. The number of nitrogens with zero attached hydrogens (tertiary/aromatic N) is 3. The molecule has 6 nitrogen and oxygen atoms in total. The minimum absolute atomic E-state index is 0.107. The Morgan fingerprint density at radius 3 is 2.83 bits per heavy atom. The van der Waals surface area contributed by atoms with E-state index in [-0.39, 0.29) is 6.04 Å². The quantitative estimate of drug-likeness (QED) is 0.913. The molecule has 132 valence electrons. The Bertz CT molecular complexity index is 575. The van der Waals surface area contributed by atoms with Crippen molar-refractivity contribution < 1.29 is 9.53 Å². The second kappa shape index (κ2) is 6.84. The molecule has 1 unspecified atom stereocenters. The molecule has 1 saturated carbocycles. The van der Waals surface area contributed by atoms with E-state index in [2.05, 4.69) is 21.4 Å². The molecule has 0 bridgehead atoms. The third kappa shape index (κ3) is 3.22. The number of rotatable bonds is 4. The highest BCUT2D eigenvalue weighted by atomic mass is 16.5. The van der Waals surface area contributed by atoms with Crippen LogP contribution in [0.15, 0.2) is 12.3 Å². The maximum Gasteiger partial charge on any atom is 0.223 e. The first-order valence-corrected chi connectivity index (χ1v) is 9.37. The van der Waals surface area contributed by atoms with Gasteiger partial charge in [-0.25, -0.2) is 0 Å². The number of nitrogens with one attached hydrogen (secondary N) is 1. The van der Waals surface area contributed by atoms with Crippen molar-refractivity contribution in [3.8, 4) is 0 Å². The van der Waals surface area contributed by atoms with E-state index in [1.54, 1.807) is 0 Å². The number of ether oxygens (including phenoxy) is 1. The predicted octanol–water partition coefficient (Wildman–Crippen LogP) is 1.77. The first kappa shape index (κ1) is 16.1. The van der Waals surface area contributed by atoms with Crippen molar-refractivity contribution in [2.75, 3.05) is 13.2 Å². The number of amides is 1. The molecule has 24 heavy (non-hydrogen) atoms. The van der Waals surface area contributed by atoms with Crippen LogP contribution < -0.4 is 5.32 Å². The fraction of sp³-hybridized carbons (Fsp3) is 0.778. The van der Waals surface area contributed by atoms with Crippen molar-refractivity contribution in [3.63, 3.8) is 0 Å². The maximum absolute atomic E-state index is 12.6. The summed E-state index contributed by atoms with van der Waals surface area (Å²) in [6.07, 6.45) is 9.04. The molecular formula is C18H28N4O2. The van der Waals surface area contributed by atoms with Crippen LogP contribution in [-0.2, 0) is 16.6 Å². The van der Waals surface area contributed by atoms with E-state index in [1.165, 1.54) is 0 Å². The molecule has 1 aromatic heterocycles. The molecule has 1 N–H and O–H groups in total. The molecule has 3 heterocycles. The molecule has 3 atom stereocenters. The highest BCUT2D eigenvalue weighted by molar-refractivity contribution is 5.78. The summed E-state index contributed by atoms with van der Waals surface area (Å²) >= 11 is 0. The Morgan fingerprint density at radius 2 is 2.08 bits per heavy atom. The summed E-state index contributed by atoms with van der Waals surface area (Å²) in [4.78, 5) is 14.8. The Labute approximate surface area is 143 Å².